The fourth-order valence-electron chi connectivity index (χ4n) is 11.8. The largest absolute Gasteiger partial charge is 0.493 e. The van der Waals surface area contributed by atoms with Crippen molar-refractivity contribution in [2.45, 2.75) is 155 Å². The zero-order valence-electron chi connectivity index (χ0n) is 62.6. The van der Waals surface area contributed by atoms with Crippen molar-refractivity contribution < 1.29 is 112 Å². The van der Waals surface area contributed by atoms with E-state index in [0.29, 0.717) is 108 Å². The van der Waals surface area contributed by atoms with E-state index in [4.69, 9.17) is 47.4 Å². The molecule has 0 fully saturated rings. The van der Waals surface area contributed by atoms with Gasteiger partial charge in [0.1, 0.15) is 24.4 Å². The minimum atomic E-state index is -2.68. The van der Waals surface area contributed by atoms with Crippen molar-refractivity contribution in [3.05, 3.63) is 136 Å². The highest BCUT2D eigenvalue weighted by Crippen LogP contribution is 2.39. The van der Waals surface area contributed by atoms with Crippen LogP contribution in [0.2, 0.25) is 0 Å². The molecule has 0 aliphatic carbocycles. The first-order chi connectivity index (χ1) is 50.5. The molecule has 10 unspecified atom stereocenters. The number of ether oxygens (including phenoxy) is 10. The number of hydrogen-bond acceptors (Lipinski definition) is 30. The van der Waals surface area contributed by atoms with Crippen LogP contribution in [-0.4, -0.2) is 202 Å². The summed E-state index contributed by atoms with van der Waals surface area (Å²) in [6.45, 7) is 6.36. The summed E-state index contributed by atoms with van der Waals surface area (Å²) in [6.07, 6.45) is -5.73. The Morgan fingerprint density at radius 2 is 0.720 bits per heavy atom. The van der Waals surface area contributed by atoms with Gasteiger partial charge in [0.25, 0.3) is 20.3 Å². The summed E-state index contributed by atoms with van der Waals surface area (Å²) in [5, 5.41) is 61.8. The van der Waals surface area contributed by atoms with Gasteiger partial charge in [-0.25, -0.2) is 9.59 Å². The molecule has 37 nitrogen and oxygen atoms in total. The van der Waals surface area contributed by atoms with Crippen molar-refractivity contribution in [3.8, 4) is 58.1 Å². The summed E-state index contributed by atoms with van der Waals surface area (Å²) in [5.74, 6) is -6.54. The fraction of sp³-hybridized carbons (Fsp3) is 0.571. The summed E-state index contributed by atoms with van der Waals surface area (Å²) in [7, 11) is 12.3. The van der Waals surface area contributed by atoms with Gasteiger partial charge in [-0.15, -0.1) is 40.5 Å². The van der Waals surface area contributed by atoms with Crippen LogP contribution < -0.4 is 37.9 Å². The molecule has 0 aliphatic rings. The molecule has 0 heterocycles. The number of amides is 2. The van der Waals surface area contributed by atoms with E-state index in [1.165, 1.54) is 54.8 Å². The van der Waals surface area contributed by atoms with Gasteiger partial charge >= 0.3 is 36.3 Å². The quantitative estimate of drug-likeness (QED) is 0.0133. The maximum atomic E-state index is 15.1. The van der Waals surface area contributed by atoms with Gasteiger partial charge in [-0.05, 0) is 164 Å². The first-order valence-electron chi connectivity index (χ1n) is 34.0. The first kappa shape index (κ1) is 90.0. The third-order valence-corrected chi connectivity index (χ3v) is 16.9. The number of benzene rings is 4. The number of nitrogens with zero attached hydrogens (tertiary/aromatic N) is 10. The summed E-state index contributed by atoms with van der Waals surface area (Å²) in [4.78, 5) is 130. The van der Waals surface area contributed by atoms with Gasteiger partial charge < -0.3 is 82.0 Å². The predicted molar refractivity (Wildman–Crippen MR) is 378 cm³/mol. The van der Waals surface area contributed by atoms with Crippen molar-refractivity contribution >= 4 is 23.8 Å². The van der Waals surface area contributed by atoms with Crippen LogP contribution in [0.3, 0.4) is 0 Å². The number of carbonyl (C=O) groups is 4. The molecule has 0 spiro atoms. The molecule has 4 aromatic carbocycles. The van der Waals surface area contributed by atoms with Crippen LogP contribution >= 0.6 is 0 Å². The molecule has 2 amide bonds. The lowest BCUT2D eigenvalue weighted by Gasteiger charge is -2.32. The topological polar surface area (TPSA) is 462 Å². The lowest BCUT2D eigenvalue weighted by Crippen LogP contribution is -2.51. The van der Waals surface area contributed by atoms with Crippen LogP contribution in [0.5, 0.6) is 46.0 Å². The van der Waals surface area contributed by atoms with Crippen LogP contribution in [0.25, 0.3) is 0 Å². The van der Waals surface area contributed by atoms with Gasteiger partial charge in [0.15, 0.2) is 46.0 Å². The predicted octanol–water partition coefficient (Wildman–Crippen LogP) is 8.03. The lowest BCUT2D eigenvalue weighted by molar-refractivity contribution is -0.768. The summed E-state index contributed by atoms with van der Waals surface area (Å²) >= 11 is 0. The zero-order valence-corrected chi connectivity index (χ0v) is 62.6. The molecule has 37 heteroatoms. The smallest absolute Gasteiger partial charge is 0.421 e. The number of hydrogen-bond donors (Lipinski definition) is 0. The highest BCUT2D eigenvalue weighted by molar-refractivity contribution is 6.30. The maximum absolute atomic E-state index is 15.1. The van der Waals surface area contributed by atoms with Gasteiger partial charge in [-0.3, -0.25) is 19.4 Å². The Hall–Kier alpha value is -11.2. The summed E-state index contributed by atoms with van der Waals surface area (Å²) in [6, 6.07) is 24.0. The Balaban J connectivity index is 0.0000297. The standard InChI is InChI=1S/C70H96N10O26.H2O/c1-15-17-51(39-71)19-25-55(73(7)33-31-49-21-27-57(93-9)61(35-49)95-11)53-23-29-59(63(37-53)97-13)99-69(65(81)75(41-45(3)103-77(85)86)42-46(4)104-78(87)88)101-67(83)68(84)102-70(66(82)76(43-47(5)105-79(89)90)44-48(6)106-80(91)92)100-60-30-24-54(38-64(60)98-14)56(26-20-52(40-72)18-16-2)74(8)34-32-50-22-28-58(94-10)62(36-50)96-12;/h21-24,27-30,35-38,45-48,51-52,55-56,69-70H,15-20,25-26,31-34,41-44H2,1-14H3;1H2. The van der Waals surface area contributed by atoms with E-state index in [2.05, 4.69) is 41.3 Å². The van der Waals surface area contributed by atoms with E-state index in [1.807, 2.05) is 52.2 Å². The lowest BCUT2D eigenvalue weighted by atomic mass is 9.92. The van der Waals surface area contributed by atoms with Gasteiger partial charge in [0, 0.05) is 63.2 Å². The molecule has 590 valence electrons. The highest BCUT2D eigenvalue weighted by Gasteiger charge is 2.40. The van der Waals surface area contributed by atoms with Crippen LogP contribution in [-0.2, 0) is 60.8 Å². The van der Waals surface area contributed by atoms with Gasteiger partial charge in [0.2, 0.25) is 0 Å². The molecule has 2 N–H and O–H groups in total. The van der Waals surface area contributed by atoms with Crippen molar-refractivity contribution in [3.63, 3.8) is 0 Å². The van der Waals surface area contributed by atoms with Crippen LogP contribution in [0.15, 0.2) is 72.8 Å². The molecule has 0 aromatic heterocycles. The van der Waals surface area contributed by atoms with E-state index >= 15 is 9.59 Å². The monoisotopic (exact) mass is 1510 g/mol. The second-order valence-corrected chi connectivity index (χ2v) is 24.8. The fourth-order valence-corrected chi connectivity index (χ4v) is 11.8. The van der Waals surface area contributed by atoms with Crippen molar-refractivity contribution in [1.29, 1.82) is 10.5 Å². The molecule has 0 saturated heterocycles. The van der Waals surface area contributed by atoms with E-state index in [9.17, 15) is 60.6 Å². The minimum absolute atomic E-state index is 0. The Kier molecular flexibility index (Phi) is 38.6. The first-order valence-corrected chi connectivity index (χ1v) is 34.0. The number of methoxy groups -OCH3 is 6. The van der Waals surface area contributed by atoms with E-state index in [1.54, 1.807) is 36.4 Å². The van der Waals surface area contributed by atoms with Crippen molar-refractivity contribution in [2.24, 2.45) is 11.8 Å². The second kappa shape index (κ2) is 45.9. The van der Waals surface area contributed by atoms with E-state index in [0.717, 1.165) is 51.7 Å². The molecular formula is C70H98N10O27. The average molecular weight is 1510 g/mol. The SMILES string of the molecule is CCCC(C#N)CCC(c1ccc(OC(OC(=O)C(=O)OC(Oc2ccc(C(CCC(C#N)CCC)N(C)CCc3ccc(OC)c(OC)c3)cc2OC)C(=O)N(CC(C)O[N+](=O)[O-])CC(C)O[N+](=O)[O-])C(=O)N(CC(C)O[N+](=O)[O-])CC(C)O[N+](=O)[O-])c(OC)c1)N(C)CCc1ccc(OC)c(OC)c1.O. The minimum Gasteiger partial charge on any atom is -0.493 e. The maximum Gasteiger partial charge on any atom is 0.421 e. The summed E-state index contributed by atoms with van der Waals surface area (Å²) < 4.78 is 56.9. The Labute approximate surface area is 619 Å². The zero-order chi connectivity index (χ0) is 78.7. The third-order valence-electron chi connectivity index (χ3n) is 16.9. The van der Waals surface area contributed by atoms with E-state index < -0.39 is 119 Å². The summed E-state index contributed by atoms with van der Waals surface area (Å²) in [5.41, 5.74) is 3.04. The molecule has 10 atom stereocenters. The third kappa shape index (κ3) is 29.4. The molecule has 0 radical (unpaired) electrons. The van der Waals surface area contributed by atoms with Gasteiger partial charge in [-0.2, -0.15) is 10.5 Å². The van der Waals surface area contributed by atoms with Crippen molar-refractivity contribution in [2.75, 3.05) is 96.0 Å². The Morgan fingerprint density at radius 3 is 0.991 bits per heavy atom. The molecule has 0 bridgehead atoms. The van der Waals surface area contributed by atoms with Crippen LogP contribution in [0.1, 0.15) is 127 Å². The van der Waals surface area contributed by atoms with Crippen LogP contribution in [0.4, 0.5) is 0 Å². The highest BCUT2D eigenvalue weighted by atomic mass is 17.0. The molecule has 4 rings (SSSR count). The van der Waals surface area contributed by atoms with E-state index in [-0.39, 0.29) is 40.3 Å². The van der Waals surface area contributed by atoms with Crippen molar-refractivity contribution in [1.82, 2.24) is 19.6 Å². The molecular weight excluding hydrogens is 1410 g/mol. The number of rotatable bonds is 50. The molecule has 107 heavy (non-hydrogen) atoms. The molecule has 4 aromatic rings. The normalized spacial score (nSPS) is 13.7. The molecule has 0 saturated carbocycles. The number of nitriles is 2. The second-order valence-electron chi connectivity index (χ2n) is 24.8. The van der Waals surface area contributed by atoms with Gasteiger partial charge in [0.05, 0.1) is 54.8 Å². The Morgan fingerprint density at radius 1 is 0.430 bits per heavy atom. The van der Waals surface area contributed by atoms with Gasteiger partial charge in [-0.1, -0.05) is 51.0 Å². The number of carbonyl (C=O) groups excluding carboxylic acids is 4. The average Bonchev–Trinajstić information content (AvgIpc) is 0.819. The van der Waals surface area contributed by atoms with Crippen LogP contribution in [0, 0.1) is 75.0 Å². The molecule has 0 aliphatic heterocycles. The number of likely N-dealkylation sites (N-methyl/N-ethyl adjacent to an activating group) is 2. The number of esters is 2. The Bertz CT molecular complexity index is 3360.